The van der Waals surface area contributed by atoms with Gasteiger partial charge >= 0.3 is 0 Å². The quantitative estimate of drug-likeness (QED) is 0.726. The highest BCUT2D eigenvalue weighted by atomic mass is 16.7. The van der Waals surface area contributed by atoms with E-state index in [1.54, 1.807) is 14.2 Å². The molecule has 0 N–H and O–H groups in total. The van der Waals surface area contributed by atoms with Gasteiger partial charge in [-0.15, -0.1) is 0 Å². The Balaban J connectivity index is 1.72. The predicted octanol–water partition coefficient (Wildman–Crippen LogP) is 2.88. The van der Waals surface area contributed by atoms with Gasteiger partial charge in [0, 0.05) is 28.4 Å². The Hall–Kier alpha value is -0.240. The molecule has 3 saturated carbocycles. The average molecular weight is 399 g/mol. The summed E-state index contributed by atoms with van der Waals surface area (Å²) in [6.07, 6.45) is 6.04. The summed E-state index contributed by atoms with van der Waals surface area (Å²) >= 11 is 0. The first kappa shape index (κ1) is 21.0. The van der Waals surface area contributed by atoms with Crippen LogP contribution < -0.4 is 0 Å². The van der Waals surface area contributed by atoms with E-state index in [-0.39, 0.29) is 36.6 Å². The Morgan fingerprint density at radius 2 is 1.39 bits per heavy atom. The van der Waals surface area contributed by atoms with Crippen molar-refractivity contribution in [2.75, 3.05) is 35.2 Å². The van der Waals surface area contributed by atoms with Crippen LogP contribution in [0.25, 0.3) is 0 Å². The van der Waals surface area contributed by atoms with Crippen LogP contribution in [-0.2, 0) is 28.4 Å². The lowest BCUT2D eigenvalue weighted by molar-refractivity contribution is -0.210. The maximum Gasteiger partial charge on any atom is 0.147 e. The van der Waals surface area contributed by atoms with E-state index in [1.165, 1.54) is 19.3 Å². The van der Waals surface area contributed by atoms with E-state index in [2.05, 4.69) is 6.92 Å². The van der Waals surface area contributed by atoms with Gasteiger partial charge in [0.1, 0.15) is 19.0 Å². The van der Waals surface area contributed by atoms with Gasteiger partial charge in [-0.1, -0.05) is 13.3 Å². The van der Waals surface area contributed by atoms with Crippen LogP contribution in [0.15, 0.2) is 0 Å². The van der Waals surface area contributed by atoms with Gasteiger partial charge in [0.05, 0.1) is 24.4 Å². The minimum atomic E-state index is -0.0512. The summed E-state index contributed by atoms with van der Waals surface area (Å²) in [6.45, 7) is 2.79. The Kier molecular flexibility index (Phi) is 6.65. The molecule has 3 aliphatic carbocycles. The first-order valence-corrected chi connectivity index (χ1v) is 11.0. The third-order valence-electron chi connectivity index (χ3n) is 8.14. The Morgan fingerprint density at radius 3 is 2.07 bits per heavy atom. The second-order valence-corrected chi connectivity index (χ2v) is 9.39. The molecule has 11 atom stereocenters. The second kappa shape index (κ2) is 8.86. The van der Waals surface area contributed by atoms with Crippen molar-refractivity contribution in [3.05, 3.63) is 0 Å². The number of fused-ring (bicyclic) bond motifs is 4. The molecule has 4 fully saturated rings. The van der Waals surface area contributed by atoms with Crippen LogP contribution >= 0.6 is 0 Å². The zero-order valence-electron chi connectivity index (χ0n) is 18.0. The van der Waals surface area contributed by atoms with Crippen LogP contribution in [-0.4, -0.2) is 71.9 Å². The fraction of sp³-hybridized carbons (Fsp3) is 1.00. The summed E-state index contributed by atoms with van der Waals surface area (Å²) in [5.41, 5.74) is 0. The summed E-state index contributed by atoms with van der Waals surface area (Å²) < 4.78 is 36.0. The molecule has 1 aliphatic heterocycles. The largest absolute Gasteiger partial charge is 0.379 e. The second-order valence-electron chi connectivity index (χ2n) is 9.39. The molecule has 0 amide bonds. The molecular formula is C22H38O6. The Labute approximate surface area is 169 Å². The van der Waals surface area contributed by atoms with Crippen molar-refractivity contribution in [1.82, 2.24) is 0 Å². The van der Waals surface area contributed by atoms with Gasteiger partial charge in [-0.05, 0) is 55.3 Å². The molecule has 0 bridgehead atoms. The van der Waals surface area contributed by atoms with E-state index >= 15 is 0 Å². The molecule has 0 radical (unpaired) electrons. The summed E-state index contributed by atoms with van der Waals surface area (Å²) in [5, 5.41) is 0. The lowest BCUT2D eigenvalue weighted by Crippen LogP contribution is -2.62. The topological polar surface area (TPSA) is 55.4 Å². The van der Waals surface area contributed by atoms with Gasteiger partial charge in [-0.25, -0.2) is 0 Å². The van der Waals surface area contributed by atoms with Crippen molar-refractivity contribution in [3.63, 3.8) is 0 Å². The maximum atomic E-state index is 6.14. The van der Waals surface area contributed by atoms with Crippen molar-refractivity contribution in [2.24, 2.45) is 29.6 Å². The standard InChI is InChI=1S/C22H38O6/c1-12-6-7-13-9-15(23-2)19(24-3)21(25-4)17(13)18-14(8-12)10-16-20(22(18)26-5)28-11-27-16/h12-22H,6-11H2,1-5H3/t12-,13?,14?,15?,16?,17?,18?,19?,20?,21?,22?/m1/s1. The normalized spacial score (nSPS) is 51.5. The zero-order chi connectivity index (χ0) is 19.8. The molecule has 28 heavy (non-hydrogen) atoms. The highest BCUT2D eigenvalue weighted by molar-refractivity contribution is 5.06. The van der Waals surface area contributed by atoms with Gasteiger partial charge in [0.25, 0.3) is 0 Å². The third-order valence-corrected chi connectivity index (χ3v) is 8.14. The minimum absolute atomic E-state index is 0.00567. The number of methoxy groups -OCH3 is 4. The minimum Gasteiger partial charge on any atom is -0.379 e. The first-order valence-electron chi connectivity index (χ1n) is 11.0. The van der Waals surface area contributed by atoms with E-state index in [1.807, 2.05) is 14.2 Å². The molecule has 6 heteroatoms. The molecule has 1 saturated heterocycles. The molecule has 0 aromatic heterocycles. The van der Waals surface area contributed by atoms with Crippen molar-refractivity contribution in [2.45, 2.75) is 75.7 Å². The van der Waals surface area contributed by atoms with Crippen LogP contribution in [0.2, 0.25) is 0 Å². The van der Waals surface area contributed by atoms with E-state index in [9.17, 15) is 0 Å². The van der Waals surface area contributed by atoms with Crippen LogP contribution in [0.4, 0.5) is 0 Å². The summed E-state index contributed by atoms with van der Waals surface area (Å²) in [7, 11) is 7.24. The van der Waals surface area contributed by atoms with Crippen molar-refractivity contribution >= 4 is 0 Å². The maximum absolute atomic E-state index is 6.14. The Bertz CT molecular complexity index is 515. The SMILES string of the molecule is COC1CC2CC[C@@H](C)CC3CC4OCOC4C(OC)C3C2C(OC)C1OC. The highest BCUT2D eigenvalue weighted by Gasteiger charge is 2.58. The summed E-state index contributed by atoms with van der Waals surface area (Å²) in [5.74, 6) is 2.60. The van der Waals surface area contributed by atoms with Crippen LogP contribution in [0.5, 0.6) is 0 Å². The van der Waals surface area contributed by atoms with E-state index in [0.29, 0.717) is 36.4 Å². The monoisotopic (exact) mass is 398 g/mol. The fourth-order valence-corrected chi connectivity index (χ4v) is 7.01. The molecule has 0 aromatic carbocycles. The fourth-order valence-electron chi connectivity index (χ4n) is 7.01. The van der Waals surface area contributed by atoms with Crippen LogP contribution in [0, 0.1) is 29.6 Å². The van der Waals surface area contributed by atoms with E-state index in [4.69, 9.17) is 28.4 Å². The van der Waals surface area contributed by atoms with Gasteiger partial charge in [-0.2, -0.15) is 0 Å². The molecule has 4 aliphatic rings. The summed E-state index contributed by atoms with van der Waals surface area (Å²) in [6, 6.07) is 0. The van der Waals surface area contributed by atoms with Gasteiger partial charge in [0.15, 0.2) is 0 Å². The molecule has 6 nitrogen and oxygen atoms in total. The van der Waals surface area contributed by atoms with E-state index < -0.39 is 0 Å². The predicted molar refractivity (Wildman–Crippen MR) is 104 cm³/mol. The van der Waals surface area contributed by atoms with E-state index in [0.717, 1.165) is 12.8 Å². The molecule has 0 spiro atoms. The Morgan fingerprint density at radius 1 is 0.679 bits per heavy atom. The number of hydrogen-bond donors (Lipinski definition) is 0. The smallest absolute Gasteiger partial charge is 0.147 e. The highest BCUT2D eigenvalue weighted by Crippen LogP contribution is 2.53. The average Bonchev–Trinajstić information content (AvgIpc) is 3.17. The van der Waals surface area contributed by atoms with Gasteiger partial charge in [-0.3, -0.25) is 0 Å². The molecule has 4 rings (SSSR count). The van der Waals surface area contributed by atoms with Crippen LogP contribution in [0.1, 0.15) is 39.0 Å². The number of hydrogen-bond acceptors (Lipinski definition) is 6. The number of ether oxygens (including phenoxy) is 6. The van der Waals surface area contributed by atoms with Crippen molar-refractivity contribution in [1.29, 1.82) is 0 Å². The molecule has 10 unspecified atom stereocenters. The molecule has 162 valence electrons. The lowest BCUT2D eigenvalue weighted by atomic mass is 9.56. The summed E-state index contributed by atoms with van der Waals surface area (Å²) in [4.78, 5) is 0. The van der Waals surface area contributed by atoms with Crippen molar-refractivity contribution < 1.29 is 28.4 Å². The van der Waals surface area contributed by atoms with Crippen LogP contribution in [0.3, 0.4) is 0 Å². The molecular weight excluding hydrogens is 360 g/mol. The molecule has 0 aromatic rings. The lowest BCUT2D eigenvalue weighted by Gasteiger charge is -2.55. The first-order chi connectivity index (χ1) is 13.6. The molecule has 1 heterocycles. The zero-order valence-corrected chi connectivity index (χ0v) is 18.0. The van der Waals surface area contributed by atoms with Crippen molar-refractivity contribution in [3.8, 4) is 0 Å². The van der Waals surface area contributed by atoms with Gasteiger partial charge < -0.3 is 28.4 Å². The number of rotatable bonds is 4. The van der Waals surface area contributed by atoms with Gasteiger partial charge in [0.2, 0.25) is 0 Å². The third kappa shape index (κ3) is 3.54.